The Kier molecular flexibility index (Phi) is 5.30. The molecule has 0 aromatic heterocycles. The molecular formula is C14H14N2O3. The molecule has 0 saturated carbocycles. The van der Waals surface area contributed by atoms with Crippen LogP contribution in [-0.2, 0) is 14.3 Å². The van der Waals surface area contributed by atoms with Gasteiger partial charge in [-0.15, -0.1) is 0 Å². The Bertz CT molecular complexity index is 527. The molecule has 19 heavy (non-hydrogen) atoms. The summed E-state index contributed by atoms with van der Waals surface area (Å²) in [6, 6.07) is 8.83. The molecule has 0 aliphatic rings. The van der Waals surface area contributed by atoms with Crippen molar-refractivity contribution in [2.45, 2.75) is 0 Å². The third kappa shape index (κ3) is 4.64. The van der Waals surface area contributed by atoms with Crippen LogP contribution in [0.4, 0.5) is 0 Å². The highest BCUT2D eigenvalue weighted by atomic mass is 16.5. The maximum Gasteiger partial charge on any atom is 0.325 e. The fourth-order valence-electron chi connectivity index (χ4n) is 1.30. The minimum atomic E-state index is -0.470. The van der Waals surface area contributed by atoms with Crippen LogP contribution in [0.1, 0.15) is 11.1 Å². The summed E-state index contributed by atoms with van der Waals surface area (Å²) in [5.74, 6) is -0.766. The number of nitrogens with zero attached hydrogens (tertiary/aromatic N) is 2. The second-order valence-corrected chi connectivity index (χ2v) is 3.84. The van der Waals surface area contributed by atoms with E-state index in [4.69, 9.17) is 5.26 Å². The predicted molar refractivity (Wildman–Crippen MR) is 69.8 cm³/mol. The molecular weight excluding hydrogens is 244 g/mol. The second kappa shape index (κ2) is 6.97. The molecule has 0 N–H and O–H groups in total. The lowest BCUT2D eigenvalue weighted by Gasteiger charge is -2.12. The van der Waals surface area contributed by atoms with Gasteiger partial charge < -0.3 is 9.64 Å². The molecule has 0 spiro atoms. The number of nitriles is 1. The van der Waals surface area contributed by atoms with Crippen LogP contribution in [0, 0.1) is 11.3 Å². The van der Waals surface area contributed by atoms with Gasteiger partial charge in [-0.25, -0.2) is 0 Å². The fraction of sp³-hybridized carbons (Fsp3) is 0.214. The van der Waals surface area contributed by atoms with E-state index < -0.39 is 5.97 Å². The molecule has 0 fully saturated rings. The zero-order chi connectivity index (χ0) is 14.3. The number of hydrogen-bond donors (Lipinski definition) is 0. The molecule has 5 nitrogen and oxygen atoms in total. The summed E-state index contributed by atoms with van der Waals surface area (Å²) >= 11 is 0. The normalized spacial score (nSPS) is 9.95. The number of methoxy groups -OCH3 is 1. The molecule has 0 unspecified atom stereocenters. The van der Waals surface area contributed by atoms with E-state index in [0.717, 1.165) is 5.56 Å². The highest BCUT2D eigenvalue weighted by molar-refractivity contribution is 5.93. The molecule has 0 bridgehead atoms. The Morgan fingerprint density at radius 1 is 1.37 bits per heavy atom. The lowest BCUT2D eigenvalue weighted by molar-refractivity contribution is -0.144. The van der Waals surface area contributed by atoms with Gasteiger partial charge in [0, 0.05) is 13.1 Å². The molecule has 0 aliphatic heterocycles. The molecule has 1 aromatic carbocycles. The van der Waals surface area contributed by atoms with Crippen molar-refractivity contribution in [1.82, 2.24) is 4.90 Å². The summed E-state index contributed by atoms with van der Waals surface area (Å²) in [6.45, 7) is -0.0902. The van der Waals surface area contributed by atoms with Crippen LogP contribution in [0.3, 0.4) is 0 Å². The smallest absolute Gasteiger partial charge is 0.325 e. The molecule has 0 atom stereocenters. The summed E-state index contributed by atoms with van der Waals surface area (Å²) in [4.78, 5) is 23.9. The molecule has 0 saturated heterocycles. The van der Waals surface area contributed by atoms with E-state index in [2.05, 4.69) is 4.74 Å². The van der Waals surface area contributed by atoms with Crippen molar-refractivity contribution in [3.63, 3.8) is 0 Å². The lowest BCUT2D eigenvalue weighted by Crippen LogP contribution is -2.31. The zero-order valence-corrected chi connectivity index (χ0v) is 10.8. The molecule has 5 heteroatoms. The van der Waals surface area contributed by atoms with Crippen LogP contribution in [-0.4, -0.2) is 37.5 Å². The van der Waals surface area contributed by atoms with Gasteiger partial charge in [0.2, 0.25) is 5.91 Å². The van der Waals surface area contributed by atoms with E-state index in [1.165, 1.54) is 25.1 Å². The lowest BCUT2D eigenvalue weighted by atomic mass is 10.1. The van der Waals surface area contributed by atoms with Crippen LogP contribution in [0.25, 0.3) is 6.08 Å². The molecule has 0 radical (unpaired) electrons. The number of rotatable bonds is 4. The largest absolute Gasteiger partial charge is 0.468 e. The summed E-state index contributed by atoms with van der Waals surface area (Å²) in [5, 5.41) is 8.65. The SMILES string of the molecule is COC(=O)CN(C)C(=O)C=Cc1ccc(C#N)cc1. The van der Waals surface area contributed by atoms with Gasteiger partial charge in [-0.1, -0.05) is 12.1 Å². The van der Waals surface area contributed by atoms with Crippen molar-refractivity contribution in [1.29, 1.82) is 5.26 Å². The maximum atomic E-state index is 11.7. The van der Waals surface area contributed by atoms with Gasteiger partial charge in [0.05, 0.1) is 18.7 Å². The fourth-order valence-corrected chi connectivity index (χ4v) is 1.30. The topological polar surface area (TPSA) is 70.4 Å². The Balaban J connectivity index is 2.62. The number of esters is 1. The highest BCUT2D eigenvalue weighted by Gasteiger charge is 2.09. The number of carbonyl (C=O) groups is 2. The summed E-state index contributed by atoms with van der Waals surface area (Å²) in [6.07, 6.45) is 2.99. The molecule has 98 valence electrons. The van der Waals surface area contributed by atoms with Crippen LogP contribution in [0.2, 0.25) is 0 Å². The van der Waals surface area contributed by atoms with Crippen molar-refractivity contribution in [3.05, 3.63) is 41.5 Å². The van der Waals surface area contributed by atoms with Gasteiger partial charge in [-0.2, -0.15) is 5.26 Å². The summed E-state index contributed by atoms with van der Waals surface area (Å²) < 4.78 is 4.47. The average Bonchev–Trinajstić information content (AvgIpc) is 2.44. The minimum absolute atomic E-state index is 0.0902. The Labute approximate surface area is 111 Å². The first-order chi connectivity index (χ1) is 9.06. The van der Waals surface area contributed by atoms with Crippen molar-refractivity contribution in [2.75, 3.05) is 20.7 Å². The predicted octanol–water partition coefficient (Wildman–Crippen LogP) is 1.20. The van der Waals surface area contributed by atoms with E-state index in [9.17, 15) is 9.59 Å². The third-order valence-corrected chi connectivity index (χ3v) is 2.43. The number of likely N-dealkylation sites (N-methyl/N-ethyl adjacent to an activating group) is 1. The first-order valence-corrected chi connectivity index (χ1v) is 5.57. The van der Waals surface area contributed by atoms with Gasteiger partial charge in [0.1, 0.15) is 6.54 Å². The van der Waals surface area contributed by atoms with Gasteiger partial charge in [0.25, 0.3) is 0 Å². The van der Waals surface area contributed by atoms with Crippen molar-refractivity contribution in [3.8, 4) is 6.07 Å². The number of hydrogen-bond acceptors (Lipinski definition) is 4. The number of amides is 1. The number of carbonyl (C=O) groups excluding carboxylic acids is 2. The van der Waals surface area contributed by atoms with E-state index in [1.807, 2.05) is 6.07 Å². The van der Waals surface area contributed by atoms with Gasteiger partial charge in [-0.3, -0.25) is 9.59 Å². The quantitative estimate of drug-likeness (QED) is 0.601. The Morgan fingerprint density at radius 3 is 2.53 bits per heavy atom. The van der Waals surface area contributed by atoms with E-state index in [0.29, 0.717) is 5.56 Å². The highest BCUT2D eigenvalue weighted by Crippen LogP contribution is 2.05. The van der Waals surface area contributed by atoms with Crippen LogP contribution < -0.4 is 0 Å². The average molecular weight is 258 g/mol. The van der Waals surface area contributed by atoms with Crippen LogP contribution >= 0.6 is 0 Å². The number of ether oxygens (including phenoxy) is 1. The number of benzene rings is 1. The van der Waals surface area contributed by atoms with Crippen molar-refractivity contribution >= 4 is 18.0 Å². The molecule has 1 aromatic rings. The summed E-state index contributed by atoms with van der Waals surface area (Å²) in [7, 11) is 2.79. The van der Waals surface area contributed by atoms with Crippen molar-refractivity contribution < 1.29 is 14.3 Å². The standard InChI is InChI=1S/C14H14N2O3/c1-16(10-14(18)19-2)13(17)8-7-11-3-5-12(9-15)6-4-11/h3-8H,10H2,1-2H3. The van der Waals surface area contributed by atoms with Gasteiger partial charge in [0.15, 0.2) is 0 Å². The van der Waals surface area contributed by atoms with Crippen LogP contribution in [0.5, 0.6) is 0 Å². The maximum absolute atomic E-state index is 11.7. The molecule has 1 amide bonds. The van der Waals surface area contributed by atoms with E-state index >= 15 is 0 Å². The van der Waals surface area contributed by atoms with E-state index in [1.54, 1.807) is 30.3 Å². The van der Waals surface area contributed by atoms with E-state index in [-0.39, 0.29) is 12.5 Å². The zero-order valence-electron chi connectivity index (χ0n) is 10.8. The van der Waals surface area contributed by atoms with Crippen molar-refractivity contribution in [2.24, 2.45) is 0 Å². The monoisotopic (exact) mass is 258 g/mol. The molecule has 0 aliphatic carbocycles. The molecule has 0 heterocycles. The first kappa shape index (κ1) is 14.5. The van der Waals surface area contributed by atoms with Gasteiger partial charge >= 0.3 is 5.97 Å². The Morgan fingerprint density at radius 2 is 2.00 bits per heavy atom. The summed E-state index contributed by atoms with van der Waals surface area (Å²) in [5.41, 5.74) is 1.37. The second-order valence-electron chi connectivity index (χ2n) is 3.84. The van der Waals surface area contributed by atoms with Crippen LogP contribution in [0.15, 0.2) is 30.3 Å². The minimum Gasteiger partial charge on any atom is -0.468 e. The molecule has 1 rings (SSSR count). The first-order valence-electron chi connectivity index (χ1n) is 5.57. The van der Waals surface area contributed by atoms with Gasteiger partial charge in [-0.05, 0) is 23.8 Å². The third-order valence-electron chi connectivity index (χ3n) is 2.43. The Hall–Kier alpha value is -2.61.